The number of carboxylic acid groups (broad SMARTS) is 2. The van der Waals surface area contributed by atoms with Gasteiger partial charge in [0.05, 0.1) is 33.4 Å². The number of aliphatic carboxylic acids is 2. The van der Waals surface area contributed by atoms with E-state index in [1.165, 1.54) is 17.7 Å². The van der Waals surface area contributed by atoms with Crippen molar-refractivity contribution in [3.63, 3.8) is 0 Å². The maximum atomic E-state index is 12.8. The first-order valence-electron chi connectivity index (χ1n) is 15.1. The molecule has 1 aliphatic heterocycles. The molecule has 252 valence electrons. The number of ether oxygens (including phenoxy) is 5. The van der Waals surface area contributed by atoms with Gasteiger partial charge in [-0.1, -0.05) is 54.6 Å². The highest BCUT2D eigenvalue weighted by atomic mass is 16.6. The van der Waals surface area contributed by atoms with E-state index in [-0.39, 0.29) is 18.6 Å². The molecule has 1 saturated heterocycles. The summed E-state index contributed by atoms with van der Waals surface area (Å²) in [6, 6.07) is 24.2. The largest absolute Gasteiger partial charge is 0.497 e. The number of aryl methyl sites for hydroxylation is 1. The highest BCUT2D eigenvalue weighted by Crippen LogP contribution is 2.43. The second-order valence-corrected chi connectivity index (χ2v) is 11.3. The molecule has 13 heteroatoms. The summed E-state index contributed by atoms with van der Waals surface area (Å²) in [5, 5.41) is 19.1. The summed E-state index contributed by atoms with van der Waals surface area (Å²) in [7, 11) is 3.13. The van der Waals surface area contributed by atoms with E-state index in [4.69, 9.17) is 23.7 Å². The number of H-pyrrole nitrogens is 1. The quantitative estimate of drug-likeness (QED) is 0.169. The van der Waals surface area contributed by atoms with Crippen LogP contribution in [0.1, 0.15) is 41.3 Å². The number of aromatic amines is 1. The zero-order valence-corrected chi connectivity index (χ0v) is 26.5. The van der Waals surface area contributed by atoms with Gasteiger partial charge in [-0.2, -0.15) is 0 Å². The van der Waals surface area contributed by atoms with Crippen molar-refractivity contribution in [2.75, 3.05) is 20.8 Å². The van der Waals surface area contributed by atoms with Gasteiger partial charge in [0.2, 0.25) is 0 Å². The van der Waals surface area contributed by atoms with Crippen LogP contribution >= 0.6 is 0 Å². The van der Waals surface area contributed by atoms with Crippen LogP contribution in [-0.2, 0) is 29.4 Å². The topological polar surface area (TPSA) is 176 Å². The molecule has 0 saturated carbocycles. The first-order chi connectivity index (χ1) is 23.0. The van der Waals surface area contributed by atoms with Crippen molar-refractivity contribution >= 4 is 11.9 Å². The van der Waals surface area contributed by atoms with Crippen LogP contribution in [0.2, 0.25) is 0 Å². The molecule has 4 atom stereocenters. The highest BCUT2D eigenvalue weighted by Gasteiger charge is 2.44. The van der Waals surface area contributed by atoms with Gasteiger partial charge in [0.1, 0.15) is 29.4 Å². The Morgan fingerprint density at radius 3 is 2.00 bits per heavy atom. The van der Waals surface area contributed by atoms with E-state index >= 15 is 0 Å². The van der Waals surface area contributed by atoms with E-state index in [0.717, 1.165) is 16.7 Å². The number of nitrogens with zero attached hydrogens (tertiary/aromatic N) is 1. The van der Waals surface area contributed by atoms with Gasteiger partial charge in [-0.15, -0.1) is 0 Å². The molecular formula is C35H36N2O11. The summed E-state index contributed by atoms with van der Waals surface area (Å²) in [5.74, 6) is -1.57. The SMILES string of the molecule is COc1ccc(C(OCC2OC(n3cc(C)c(=O)[nH]c3=O)CC2OC(CC(=O)O)C(=O)O)(c2ccccc2)c2ccc(OC)cc2)cc1. The van der Waals surface area contributed by atoms with E-state index in [9.17, 15) is 29.4 Å². The number of benzene rings is 3. The Kier molecular flexibility index (Phi) is 10.4. The fraction of sp³-hybridized carbons (Fsp3) is 0.314. The molecule has 0 amide bonds. The van der Waals surface area contributed by atoms with Crippen molar-refractivity contribution in [1.82, 2.24) is 9.55 Å². The predicted molar refractivity (Wildman–Crippen MR) is 171 cm³/mol. The Morgan fingerprint density at radius 1 is 0.917 bits per heavy atom. The number of rotatable bonds is 14. The third-order valence-corrected chi connectivity index (χ3v) is 8.25. The molecule has 0 aliphatic carbocycles. The van der Waals surface area contributed by atoms with Crippen LogP contribution in [0, 0.1) is 6.92 Å². The van der Waals surface area contributed by atoms with Gasteiger partial charge in [-0.3, -0.25) is 19.1 Å². The van der Waals surface area contributed by atoms with E-state index in [1.807, 2.05) is 78.9 Å². The molecule has 2 heterocycles. The summed E-state index contributed by atoms with van der Waals surface area (Å²) in [6.07, 6.45) is -4.17. The van der Waals surface area contributed by atoms with Crippen LogP contribution in [0.15, 0.2) is 94.6 Å². The van der Waals surface area contributed by atoms with Crippen LogP contribution in [0.25, 0.3) is 0 Å². The molecule has 4 unspecified atom stereocenters. The number of hydrogen-bond acceptors (Lipinski definition) is 9. The maximum Gasteiger partial charge on any atom is 0.333 e. The molecule has 3 aromatic carbocycles. The summed E-state index contributed by atoms with van der Waals surface area (Å²) >= 11 is 0. The van der Waals surface area contributed by atoms with Gasteiger partial charge in [0.25, 0.3) is 5.56 Å². The summed E-state index contributed by atoms with van der Waals surface area (Å²) in [6.45, 7) is 1.34. The number of nitrogens with one attached hydrogen (secondary N) is 1. The van der Waals surface area contributed by atoms with Crippen molar-refractivity contribution in [2.24, 2.45) is 0 Å². The first kappa shape index (κ1) is 34.1. The molecule has 0 bridgehead atoms. The van der Waals surface area contributed by atoms with Crippen molar-refractivity contribution in [3.8, 4) is 11.5 Å². The molecular weight excluding hydrogens is 624 g/mol. The van der Waals surface area contributed by atoms with Crippen LogP contribution in [0.4, 0.5) is 0 Å². The Morgan fingerprint density at radius 2 is 1.48 bits per heavy atom. The molecule has 48 heavy (non-hydrogen) atoms. The molecule has 1 fully saturated rings. The molecule has 0 spiro atoms. The van der Waals surface area contributed by atoms with Gasteiger partial charge in [-0.25, -0.2) is 9.59 Å². The average molecular weight is 661 g/mol. The molecule has 13 nitrogen and oxygen atoms in total. The lowest BCUT2D eigenvalue weighted by Gasteiger charge is -2.37. The average Bonchev–Trinajstić information content (AvgIpc) is 3.49. The Balaban J connectivity index is 1.59. The zero-order valence-electron chi connectivity index (χ0n) is 26.5. The monoisotopic (exact) mass is 660 g/mol. The predicted octanol–water partition coefficient (Wildman–Crippen LogP) is 3.47. The summed E-state index contributed by atoms with van der Waals surface area (Å²) < 4.78 is 31.1. The van der Waals surface area contributed by atoms with Crippen molar-refractivity contribution < 1.29 is 43.5 Å². The van der Waals surface area contributed by atoms with E-state index in [1.54, 1.807) is 14.2 Å². The number of aromatic nitrogens is 2. The van der Waals surface area contributed by atoms with Crippen molar-refractivity contribution in [2.45, 2.75) is 49.9 Å². The lowest BCUT2D eigenvalue weighted by Crippen LogP contribution is -2.41. The minimum Gasteiger partial charge on any atom is -0.497 e. The van der Waals surface area contributed by atoms with Crippen LogP contribution in [0.5, 0.6) is 11.5 Å². The minimum atomic E-state index is -1.70. The van der Waals surface area contributed by atoms with Crippen molar-refractivity contribution in [1.29, 1.82) is 0 Å². The smallest absolute Gasteiger partial charge is 0.333 e. The normalized spacial score (nSPS) is 18.3. The van der Waals surface area contributed by atoms with Crippen LogP contribution in [0.3, 0.4) is 0 Å². The number of hydrogen-bond donors (Lipinski definition) is 3. The molecule has 0 radical (unpaired) electrons. The minimum absolute atomic E-state index is 0.0355. The Hall–Kier alpha value is -5.24. The van der Waals surface area contributed by atoms with Gasteiger partial charge in [0, 0.05) is 18.2 Å². The first-order valence-corrected chi connectivity index (χ1v) is 15.1. The lowest BCUT2D eigenvalue weighted by atomic mass is 9.80. The number of carboxylic acids is 2. The standard InChI is InChI=1S/C35H36N2O11/c1-21-19-37(34(43)36-32(21)40)30-17-27(47-28(33(41)42)18-31(38)39)29(48-30)20-46-35(22-7-5-4-6-8-22,23-9-13-25(44-2)14-10-23)24-11-15-26(45-3)16-12-24/h4-16,19,27-30H,17-18,20H2,1-3H3,(H,38,39)(H,41,42)(H,36,40,43). The van der Waals surface area contributed by atoms with Crippen LogP contribution in [-0.4, -0.2) is 70.8 Å². The summed E-state index contributed by atoms with van der Waals surface area (Å²) in [4.78, 5) is 50.6. The third-order valence-electron chi connectivity index (χ3n) is 8.25. The zero-order chi connectivity index (χ0) is 34.4. The number of carbonyl (C=O) groups is 2. The fourth-order valence-electron chi connectivity index (χ4n) is 5.81. The van der Waals surface area contributed by atoms with Crippen LogP contribution < -0.4 is 20.7 Å². The fourth-order valence-corrected chi connectivity index (χ4v) is 5.81. The Bertz CT molecular complexity index is 1790. The highest BCUT2D eigenvalue weighted by molar-refractivity contribution is 5.79. The molecule has 4 aromatic rings. The van der Waals surface area contributed by atoms with Gasteiger partial charge in [0.15, 0.2) is 6.10 Å². The van der Waals surface area contributed by atoms with Gasteiger partial charge >= 0.3 is 17.6 Å². The van der Waals surface area contributed by atoms with E-state index in [0.29, 0.717) is 11.5 Å². The summed E-state index contributed by atoms with van der Waals surface area (Å²) in [5.41, 5.74) is -0.0696. The maximum absolute atomic E-state index is 12.8. The molecule has 5 rings (SSSR count). The van der Waals surface area contributed by atoms with Crippen molar-refractivity contribution in [3.05, 3.63) is 128 Å². The van der Waals surface area contributed by atoms with E-state index in [2.05, 4.69) is 4.98 Å². The molecule has 1 aromatic heterocycles. The third kappa shape index (κ3) is 7.18. The van der Waals surface area contributed by atoms with Gasteiger partial charge in [-0.05, 0) is 47.9 Å². The second-order valence-electron chi connectivity index (χ2n) is 11.3. The second kappa shape index (κ2) is 14.7. The van der Waals surface area contributed by atoms with E-state index < -0.39 is 59.7 Å². The number of methoxy groups -OCH3 is 2. The molecule has 1 aliphatic rings. The Labute approximate surface area is 275 Å². The lowest BCUT2D eigenvalue weighted by molar-refractivity contribution is -0.166. The van der Waals surface area contributed by atoms with Gasteiger partial charge < -0.3 is 33.9 Å². The molecule has 3 N–H and O–H groups in total.